The van der Waals surface area contributed by atoms with Crippen molar-refractivity contribution in [2.24, 2.45) is 41.1 Å². The summed E-state index contributed by atoms with van der Waals surface area (Å²) in [5.41, 5.74) is 12.5. The summed E-state index contributed by atoms with van der Waals surface area (Å²) in [6.07, 6.45) is -4.24. The van der Waals surface area contributed by atoms with E-state index in [2.05, 4.69) is 42.2 Å². The molecule has 35 nitrogen and oxygen atoms in total. The molecule has 103 heavy (non-hydrogen) atoms. The van der Waals surface area contributed by atoms with E-state index in [1.807, 2.05) is 0 Å². The van der Waals surface area contributed by atoms with Gasteiger partial charge in [0.05, 0.1) is 172 Å². The SMILES string of the molecule is CC[C@H](C)[C@@H]1CC(=O)CNC(=O)[C@H]2CC(=O)[C@H]([C@@H](C)[C@@H](O)CO)NC(=O)[C@@H]3C[C@@H](O)CN3C(=O)[C@H](CC(N)=O)NC(=O)[C@@H](CS(=O)c3[nH]c4c(CSCCOCCOCCOCCOCCOCCOCCOCCN/C=C(\N)CNC(=O)C(C)CC(=O)O)c(O)ccc4c3C2)NC(=O)CNC1=O. The van der Waals surface area contributed by atoms with Crippen LogP contribution in [0.2, 0.25) is 0 Å². The summed E-state index contributed by atoms with van der Waals surface area (Å²) in [5, 5.41) is 70.5. The number of H-pyrrole nitrogens is 1. The highest BCUT2D eigenvalue weighted by Gasteiger charge is 2.45. The highest BCUT2D eigenvalue weighted by Crippen LogP contribution is 2.37. The lowest BCUT2D eigenvalue weighted by atomic mass is 9.85. The Morgan fingerprint density at radius 1 is 0.777 bits per heavy atom. The summed E-state index contributed by atoms with van der Waals surface area (Å²) >= 11 is 1.35. The number of ketones is 2. The molecule has 1 aromatic heterocycles. The summed E-state index contributed by atoms with van der Waals surface area (Å²) in [6.45, 7) is 8.75. The van der Waals surface area contributed by atoms with Gasteiger partial charge in [-0.3, -0.25) is 56.9 Å². The number of thioether (sulfide) groups is 1. The molecule has 2 bridgehead atoms. The van der Waals surface area contributed by atoms with Crippen molar-refractivity contribution < 1.29 is 116 Å². The number of carboxylic acids is 1. The number of aliphatic hydroxyl groups is 3. The number of nitrogens with zero attached hydrogens (tertiary/aromatic N) is 1. The topological polar surface area (TPSA) is 526 Å². The second-order valence-corrected chi connectivity index (χ2v) is 27.8. The number of aromatic amines is 1. The molecule has 4 heterocycles. The van der Waals surface area contributed by atoms with Gasteiger partial charge >= 0.3 is 5.97 Å². The predicted octanol–water partition coefficient (Wildman–Crippen LogP) is -3.77. The van der Waals surface area contributed by atoms with Crippen molar-refractivity contribution in [2.45, 2.75) is 120 Å². The Bertz CT molecular complexity index is 3220. The fourth-order valence-corrected chi connectivity index (χ4v) is 13.6. The zero-order valence-electron chi connectivity index (χ0n) is 58.7. The van der Waals surface area contributed by atoms with Crippen LogP contribution in [0.1, 0.15) is 77.3 Å². The van der Waals surface area contributed by atoms with Gasteiger partial charge < -0.3 is 117 Å². The molecule has 1 fully saturated rings. The number of fused-ring (bicyclic) bond motifs is 5. The first-order valence-electron chi connectivity index (χ1n) is 34.3. The van der Waals surface area contributed by atoms with Crippen LogP contribution < -0.4 is 48.7 Å². The molecular formula is C66H103N11O24S2. The molecular weight excluding hydrogens is 1390 g/mol. The Morgan fingerprint density at radius 2 is 1.38 bits per heavy atom. The highest BCUT2D eigenvalue weighted by molar-refractivity contribution is 7.98. The van der Waals surface area contributed by atoms with Crippen molar-refractivity contribution in [3.05, 3.63) is 35.2 Å². The number of benzene rings is 1. The largest absolute Gasteiger partial charge is 0.508 e. The zero-order chi connectivity index (χ0) is 75.5. The maximum absolute atomic E-state index is 15.3. The van der Waals surface area contributed by atoms with Gasteiger partial charge in [0.1, 0.15) is 28.9 Å². The second kappa shape index (κ2) is 45.7. The van der Waals surface area contributed by atoms with E-state index in [1.165, 1.54) is 37.7 Å². The average molecular weight is 1500 g/mol. The van der Waals surface area contributed by atoms with Crippen LogP contribution in [0.5, 0.6) is 5.75 Å². The minimum absolute atomic E-state index is 0.0817. The van der Waals surface area contributed by atoms with E-state index in [1.54, 1.807) is 20.0 Å². The molecule has 578 valence electrons. The van der Waals surface area contributed by atoms with Crippen LogP contribution in [0.15, 0.2) is 29.1 Å². The highest BCUT2D eigenvalue weighted by atomic mass is 32.2. The number of phenols is 1. The first-order chi connectivity index (χ1) is 49.2. The van der Waals surface area contributed by atoms with Gasteiger partial charge in [0.25, 0.3) is 0 Å². The van der Waals surface area contributed by atoms with Gasteiger partial charge in [-0.15, -0.1) is 0 Å². The van der Waals surface area contributed by atoms with E-state index in [-0.39, 0.29) is 65.8 Å². The van der Waals surface area contributed by atoms with E-state index >= 15 is 4.21 Å². The smallest absolute Gasteiger partial charge is 0.304 e. The van der Waals surface area contributed by atoms with Crippen LogP contribution in [0.25, 0.3) is 10.9 Å². The van der Waals surface area contributed by atoms with E-state index in [9.17, 15) is 73.2 Å². The number of carboxylic acid groups (broad SMARTS) is 1. The van der Waals surface area contributed by atoms with Gasteiger partial charge in [-0.1, -0.05) is 34.1 Å². The molecule has 2 unspecified atom stereocenters. The molecule has 8 amide bonds. The van der Waals surface area contributed by atoms with Crippen molar-refractivity contribution in [1.29, 1.82) is 0 Å². The molecule has 2 aromatic rings. The van der Waals surface area contributed by atoms with Crippen LogP contribution in [-0.2, 0) is 109 Å². The fraction of sp³-hybridized carbons (Fsp3) is 0.682. The number of aliphatic hydroxyl groups excluding tert-OH is 3. The Hall–Kier alpha value is -7.43. The van der Waals surface area contributed by atoms with Gasteiger partial charge in [-0.25, -0.2) is 0 Å². The van der Waals surface area contributed by atoms with Gasteiger partial charge in [0.2, 0.25) is 47.3 Å². The number of carbonyl (C=O) groups excluding carboxylic acids is 10. The third-order valence-corrected chi connectivity index (χ3v) is 19.8. The third kappa shape index (κ3) is 29.2. The molecule has 3 aliphatic rings. The Balaban J connectivity index is 1.19. The lowest BCUT2D eigenvalue weighted by Gasteiger charge is -2.32. The number of aromatic hydroxyl groups is 1. The molecule has 0 radical (unpaired) electrons. The number of aliphatic carboxylic acids is 1. The number of nitrogens with two attached hydrogens (primary N) is 2. The van der Waals surface area contributed by atoms with E-state index in [4.69, 9.17) is 49.7 Å². The van der Waals surface area contributed by atoms with Crippen molar-refractivity contribution in [3.63, 3.8) is 0 Å². The van der Waals surface area contributed by atoms with E-state index in [0.29, 0.717) is 103 Å². The van der Waals surface area contributed by atoms with E-state index in [0.717, 1.165) is 4.90 Å². The van der Waals surface area contributed by atoms with Crippen molar-refractivity contribution in [1.82, 2.24) is 47.1 Å². The van der Waals surface area contributed by atoms with Crippen molar-refractivity contribution in [2.75, 3.05) is 143 Å². The molecule has 1 aromatic carbocycles. The number of hydrogen-bond acceptors (Lipinski definition) is 26. The predicted molar refractivity (Wildman–Crippen MR) is 371 cm³/mol. The first kappa shape index (κ1) is 86.2. The van der Waals surface area contributed by atoms with Gasteiger partial charge in [-0.2, -0.15) is 11.8 Å². The number of carbonyl (C=O) groups is 11. The Morgan fingerprint density at radius 3 is 1.97 bits per heavy atom. The number of nitrogens with one attached hydrogen (secondary N) is 8. The molecule has 1 saturated heterocycles. The number of aromatic nitrogens is 1. The lowest BCUT2D eigenvalue weighted by Crippen LogP contribution is -2.60. The quantitative estimate of drug-likeness (QED) is 0.0286. The summed E-state index contributed by atoms with van der Waals surface area (Å²) < 4.78 is 54.3. The number of ether oxygens (including phenoxy) is 7. The lowest BCUT2D eigenvalue weighted by molar-refractivity contribution is -0.144. The van der Waals surface area contributed by atoms with Crippen LogP contribution in [0, 0.1) is 29.6 Å². The molecule has 37 heteroatoms. The van der Waals surface area contributed by atoms with Crippen LogP contribution in [0.3, 0.4) is 0 Å². The Kier molecular flexibility index (Phi) is 38.3. The number of amides is 8. The maximum Gasteiger partial charge on any atom is 0.304 e. The minimum Gasteiger partial charge on any atom is -0.508 e. The van der Waals surface area contributed by atoms with Crippen LogP contribution >= 0.6 is 11.8 Å². The standard InChI is InChI=1S/C66H103N11O24S2/c1-5-38(2)46-27-43(79)32-71-61(89)41-25-47-45-6-7-52(81)48(36-102-23-22-101-21-20-100-19-18-99-17-16-98-15-14-97-13-12-96-11-10-95-9-8-69-30-42(67)31-70-60(88)39(3)24-57(86)87)59(45)76-65(47)103(94)37-50(73-56(85)33-72-62(46)90)63(91)74-49(29-55(68)84)66(93)77-34-44(80)28-51(77)64(92)75-58(53(82)26-41)40(4)54(83)35-78/h6-7,30,38-41,44,46,49-51,54,58,69,76,78,80-81,83H,5,8-29,31-37,67H2,1-4H3,(H2,68,84)(H,70,88)(H,71,89)(H,72,90)(H,73,85)(H,74,91)(H,75,92)(H,86,87)/b42-30-/t38-,39?,40-,41+,44+,46-,49-,50+,51-,54-,58-,103?/m0/s1. The first-order valence-corrected chi connectivity index (χ1v) is 36.8. The second-order valence-electron chi connectivity index (χ2n) is 25.2. The van der Waals surface area contributed by atoms with Crippen molar-refractivity contribution in [3.8, 4) is 5.75 Å². The molecule has 3 aliphatic heterocycles. The maximum atomic E-state index is 15.3. The molecule has 0 aliphatic carbocycles. The van der Waals surface area contributed by atoms with E-state index < -0.39 is 206 Å². The fourth-order valence-electron chi connectivity index (χ4n) is 11.3. The summed E-state index contributed by atoms with van der Waals surface area (Å²) in [7, 11) is -2.45. The summed E-state index contributed by atoms with van der Waals surface area (Å²) in [6, 6.07) is -4.17. The van der Waals surface area contributed by atoms with Gasteiger partial charge in [0.15, 0.2) is 11.6 Å². The number of rotatable bonds is 39. The van der Waals surface area contributed by atoms with Gasteiger partial charge in [-0.05, 0) is 30.0 Å². The normalized spacial score (nSPS) is 22.7. The number of phenolic OH excluding ortho intramolecular Hbond substituents is 1. The van der Waals surface area contributed by atoms with Crippen LogP contribution in [-0.4, -0.2) is 284 Å². The average Bonchev–Trinajstić information content (AvgIpc) is 1.62. The number of primary amides is 1. The Labute approximate surface area is 603 Å². The number of hydrogen-bond donors (Lipinski definition) is 15. The minimum atomic E-state index is -2.45. The van der Waals surface area contributed by atoms with Crippen LogP contribution in [0.4, 0.5) is 0 Å². The summed E-state index contributed by atoms with van der Waals surface area (Å²) in [4.78, 5) is 154. The zero-order valence-corrected chi connectivity index (χ0v) is 60.3. The molecule has 0 saturated carbocycles. The molecule has 5 rings (SSSR count). The van der Waals surface area contributed by atoms with Crippen molar-refractivity contribution >= 4 is 98.3 Å². The molecule has 17 N–H and O–H groups in total. The van der Waals surface area contributed by atoms with Gasteiger partial charge in [0, 0.05) is 90.4 Å². The summed E-state index contributed by atoms with van der Waals surface area (Å²) in [5.74, 6) is -15.4. The monoisotopic (exact) mass is 1500 g/mol. The molecule has 12 atom stereocenters. The molecule has 0 spiro atoms. The third-order valence-electron chi connectivity index (χ3n) is 17.4. The number of Topliss-reactive ketones (excluding diaryl/α,β-unsaturated/α-hetero) is 2.